The van der Waals surface area contributed by atoms with Crippen LogP contribution in [0.4, 0.5) is 0 Å². The number of pyridine rings is 1. The summed E-state index contributed by atoms with van der Waals surface area (Å²) in [5.41, 5.74) is 2.04. The lowest BCUT2D eigenvalue weighted by atomic mass is 10.1. The van der Waals surface area contributed by atoms with Crippen molar-refractivity contribution in [3.8, 4) is 6.07 Å². The Labute approximate surface area is 182 Å². The van der Waals surface area contributed by atoms with E-state index in [1.807, 2.05) is 24.3 Å². The second-order valence-electron chi connectivity index (χ2n) is 7.28. The predicted molar refractivity (Wildman–Crippen MR) is 119 cm³/mol. The van der Waals surface area contributed by atoms with Crippen molar-refractivity contribution < 1.29 is 13.2 Å². The highest BCUT2D eigenvalue weighted by molar-refractivity contribution is 7.89. The smallest absolute Gasteiger partial charge is 0.244 e. The van der Waals surface area contributed by atoms with Gasteiger partial charge in [0.2, 0.25) is 15.9 Å². The summed E-state index contributed by atoms with van der Waals surface area (Å²) in [5.74, 6) is -0.133. The fourth-order valence-electron chi connectivity index (χ4n) is 3.18. The summed E-state index contributed by atoms with van der Waals surface area (Å²) in [4.78, 5) is 18.4. The van der Waals surface area contributed by atoms with E-state index in [0.29, 0.717) is 24.0 Å². The quantitative estimate of drug-likeness (QED) is 0.541. The van der Waals surface area contributed by atoms with E-state index in [4.69, 9.17) is 5.26 Å². The molecule has 0 spiro atoms. The molecule has 0 unspecified atom stereocenters. The van der Waals surface area contributed by atoms with Gasteiger partial charge in [-0.3, -0.25) is 9.78 Å². The highest BCUT2D eigenvalue weighted by atomic mass is 32.2. The molecule has 1 aromatic heterocycles. The lowest BCUT2D eigenvalue weighted by molar-refractivity contribution is -0.129. The maximum Gasteiger partial charge on any atom is 0.244 e. The largest absolute Gasteiger partial charge is 0.345 e. The Morgan fingerprint density at radius 3 is 2.45 bits per heavy atom. The molecule has 0 aliphatic heterocycles. The van der Waals surface area contributed by atoms with Gasteiger partial charge in [0, 0.05) is 45.2 Å². The number of likely N-dealkylation sites (N-methyl/N-ethyl adjacent to an activating group) is 1. The number of amides is 1. The molecular weight excluding hydrogens is 412 g/mol. The van der Waals surface area contributed by atoms with Crippen LogP contribution in [0.2, 0.25) is 0 Å². The highest BCUT2D eigenvalue weighted by Gasteiger charge is 2.24. The number of nitriles is 1. The SMILES string of the molecule is CN(CCc1ccc(C#N)cc1)C(=O)CCN(C)S(=O)(=O)c1cccc2cccnc12. The van der Waals surface area contributed by atoms with Gasteiger partial charge in [-0.25, -0.2) is 12.7 Å². The zero-order chi connectivity index (χ0) is 22.4. The first-order valence-electron chi connectivity index (χ1n) is 9.86. The van der Waals surface area contributed by atoms with Crippen molar-refractivity contribution >= 4 is 26.8 Å². The molecule has 0 N–H and O–H groups in total. The van der Waals surface area contributed by atoms with Crippen LogP contribution < -0.4 is 0 Å². The van der Waals surface area contributed by atoms with Gasteiger partial charge in [-0.15, -0.1) is 0 Å². The summed E-state index contributed by atoms with van der Waals surface area (Å²) < 4.78 is 27.3. The first-order chi connectivity index (χ1) is 14.8. The first kappa shape index (κ1) is 22.4. The number of aromatic nitrogens is 1. The number of hydrogen-bond acceptors (Lipinski definition) is 5. The maximum atomic E-state index is 13.0. The van der Waals surface area contributed by atoms with Crippen LogP contribution in [0.25, 0.3) is 10.9 Å². The molecule has 1 amide bonds. The number of hydrogen-bond donors (Lipinski definition) is 0. The number of carbonyl (C=O) groups excluding carboxylic acids is 1. The molecule has 0 aliphatic carbocycles. The number of para-hydroxylation sites is 1. The third-order valence-electron chi connectivity index (χ3n) is 5.17. The van der Waals surface area contributed by atoms with Gasteiger partial charge in [0.05, 0.1) is 17.1 Å². The van der Waals surface area contributed by atoms with Gasteiger partial charge in [-0.1, -0.05) is 30.3 Å². The average molecular weight is 437 g/mol. The van der Waals surface area contributed by atoms with E-state index < -0.39 is 10.0 Å². The molecule has 0 atom stereocenters. The number of benzene rings is 2. The normalized spacial score (nSPS) is 11.4. The maximum absolute atomic E-state index is 13.0. The van der Waals surface area contributed by atoms with E-state index in [1.54, 1.807) is 42.4 Å². The van der Waals surface area contributed by atoms with Crippen LogP contribution >= 0.6 is 0 Å². The molecule has 0 saturated carbocycles. The molecule has 2 aromatic carbocycles. The Morgan fingerprint density at radius 1 is 1.03 bits per heavy atom. The molecule has 3 rings (SSSR count). The van der Waals surface area contributed by atoms with Crippen molar-refractivity contribution in [1.82, 2.24) is 14.2 Å². The van der Waals surface area contributed by atoms with Gasteiger partial charge in [0.25, 0.3) is 0 Å². The van der Waals surface area contributed by atoms with Crippen LogP contribution in [0.5, 0.6) is 0 Å². The molecule has 1 heterocycles. The third kappa shape index (κ3) is 5.26. The predicted octanol–water partition coefficient (Wildman–Crippen LogP) is 2.82. The van der Waals surface area contributed by atoms with Crippen LogP contribution in [-0.4, -0.2) is 55.7 Å². The van der Waals surface area contributed by atoms with Gasteiger partial charge in [0.15, 0.2) is 0 Å². The summed E-state index contributed by atoms with van der Waals surface area (Å²) in [5, 5.41) is 9.60. The topological polar surface area (TPSA) is 94.4 Å². The molecule has 31 heavy (non-hydrogen) atoms. The molecule has 160 valence electrons. The number of carbonyl (C=O) groups is 1. The van der Waals surface area contributed by atoms with Crippen LogP contribution in [0, 0.1) is 11.3 Å². The summed E-state index contributed by atoms with van der Waals surface area (Å²) in [7, 11) is -0.598. The summed E-state index contributed by atoms with van der Waals surface area (Å²) in [6.45, 7) is 0.583. The highest BCUT2D eigenvalue weighted by Crippen LogP contribution is 2.23. The monoisotopic (exact) mass is 436 g/mol. The van der Waals surface area contributed by atoms with Crippen molar-refractivity contribution in [1.29, 1.82) is 5.26 Å². The van der Waals surface area contributed by atoms with Crippen molar-refractivity contribution in [3.05, 3.63) is 71.9 Å². The number of fused-ring (bicyclic) bond motifs is 1. The second-order valence-corrected chi connectivity index (χ2v) is 9.30. The molecule has 8 heteroatoms. The Bertz CT molecular complexity index is 1210. The van der Waals surface area contributed by atoms with Crippen molar-refractivity contribution in [3.63, 3.8) is 0 Å². The molecule has 0 radical (unpaired) electrons. The van der Waals surface area contributed by atoms with Gasteiger partial charge in [-0.2, -0.15) is 5.26 Å². The molecule has 0 aliphatic rings. The van der Waals surface area contributed by atoms with Crippen molar-refractivity contribution in [2.75, 3.05) is 27.2 Å². The number of sulfonamides is 1. The summed E-state index contributed by atoms with van der Waals surface area (Å²) >= 11 is 0. The van der Waals surface area contributed by atoms with E-state index in [9.17, 15) is 13.2 Å². The molecule has 0 fully saturated rings. The number of nitrogens with zero attached hydrogens (tertiary/aromatic N) is 4. The minimum Gasteiger partial charge on any atom is -0.345 e. The van der Waals surface area contributed by atoms with Crippen LogP contribution in [0.3, 0.4) is 0 Å². The molecule has 0 bridgehead atoms. The average Bonchev–Trinajstić information content (AvgIpc) is 2.80. The Balaban J connectivity index is 1.59. The first-order valence-corrected chi connectivity index (χ1v) is 11.3. The molecular formula is C23H24N4O3S. The zero-order valence-corrected chi connectivity index (χ0v) is 18.3. The Kier molecular flexibility index (Phi) is 7.00. The number of rotatable bonds is 8. The van der Waals surface area contributed by atoms with E-state index in [-0.39, 0.29) is 23.8 Å². The van der Waals surface area contributed by atoms with Crippen molar-refractivity contribution in [2.24, 2.45) is 0 Å². The van der Waals surface area contributed by atoms with E-state index in [0.717, 1.165) is 10.9 Å². The van der Waals surface area contributed by atoms with Crippen LogP contribution in [-0.2, 0) is 21.2 Å². The van der Waals surface area contributed by atoms with E-state index in [2.05, 4.69) is 11.1 Å². The molecule has 3 aromatic rings. The van der Waals surface area contributed by atoms with Gasteiger partial charge in [0.1, 0.15) is 4.90 Å². The zero-order valence-electron chi connectivity index (χ0n) is 17.5. The van der Waals surface area contributed by atoms with E-state index in [1.165, 1.54) is 17.4 Å². The van der Waals surface area contributed by atoms with Gasteiger partial charge in [-0.05, 0) is 36.2 Å². The standard InChI is InChI=1S/C23H24N4O3S/c1-26(15-12-18-8-10-19(17-24)11-9-18)22(28)13-16-27(2)31(29,30)21-7-3-5-20-6-4-14-25-23(20)21/h3-11,14H,12-13,15-16H2,1-2H3. The van der Waals surface area contributed by atoms with Crippen LogP contribution in [0.1, 0.15) is 17.5 Å². The lowest BCUT2D eigenvalue weighted by Crippen LogP contribution is -2.34. The lowest BCUT2D eigenvalue weighted by Gasteiger charge is -2.21. The van der Waals surface area contributed by atoms with Crippen LogP contribution in [0.15, 0.2) is 65.7 Å². The molecule has 0 saturated heterocycles. The fraction of sp³-hybridized carbons (Fsp3) is 0.261. The third-order valence-corrected chi connectivity index (χ3v) is 7.06. The second kappa shape index (κ2) is 9.69. The van der Waals surface area contributed by atoms with Gasteiger partial charge >= 0.3 is 0 Å². The molecule has 7 nitrogen and oxygen atoms in total. The minimum atomic E-state index is -3.78. The summed E-state index contributed by atoms with van der Waals surface area (Å²) in [6.07, 6.45) is 2.30. The van der Waals surface area contributed by atoms with E-state index >= 15 is 0 Å². The Morgan fingerprint density at radius 2 is 1.74 bits per heavy atom. The van der Waals surface area contributed by atoms with Crippen molar-refractivity contribution in [2.45, 2.75) is 17.7 Å². The van der Waals surface area contributed by atoms with Gasteiger partial charge < -0.3 is 4.90 Å². The minimum absolute atomic E-state index is 0.0750. The Hall–Kier alpha value is -3.28. The summed E-state index contributed by atoms with van der Waals surface area (Å²) in [6, 6.07) is 17.9. The fourth-order valence-corrected chi connectivity index (χ4v) is 4.52.